The van der Waals surface area contributed by atoms with Gasteiger partial charge in [0.25, 0.3) is 0 Å². The minimum absolute atomic E-state index is 0.0345. The van der Waals surface area contributed by atoms with Crippen LogP contribution in [0.3, 0.4) is 0 Å². The number of hydrazone groups is 1. The molecule has 0 saturated heterocycles. The molecule has 1 N–H and O–H groups in total. The molecule has 4 fully saturated rings. The molecule has 4 bridgehead atoms. The number of hydrogen-bond donors (Lipinski definition) is 1. The maximum absolute atomic E-state index is 12.4. The topological polar surface area (TPSA) is 70.2 Å². The van der Waals surface area contributed by atoms with Gasteiger partial charge in [-0.1, -0.05) is 0 Å². The molecule has 132 valence electrons. The van der Waals surface area contributed by atoms with Gasteiger partial charge in [-0.25, -0.2) is 5.43 Å². The Kier molecular flexibility index (Phi) is 3.94. The molecule has 0 atom stereocenters. The normalized spacial score (nSPS) is 32.9. The van der Waals surface area contributed by atoms with Gasteiger partial charge in [-0.2, -0.15) is 10.4 Å². The molecule has 5 heteroatoms. The van der Waals surface area contributed by atoms with Crippen molar-refractivity contribution in [2.24, 2.45) is 35.3 Å². The van der Waals surface area contributed by atoms with Crippen molar-refractivity contribution in [2.75, 3.05) is 0 Å². The average molecular weight is 338 g/mol. The molecule has 0 spiro atoms. The molecule has 4 aliphatic carbocycles. The molecule has 5 nitrogen and oxygen atoms in total. The Morgan fingerprint density at radius 1 is 1.36 bits per heavy atom. The van der Waals surface area contributed by atoms with Crippen molar-refractivity contribution < 1.29 is 4.79 Å². The minimum atomic E-state index is 0.0345. The Balaban J connectivity index is 1.38. The summed E-state index contributed by atoms with van der Waals surface area (Å²) in [6.45, 7) is 1.94. The molecule has 4 saturated carbocycles. The van der Waals surface area contributed by atoms with Gasteiger partial charge in [-0.05, 0) is 74.7 Å². The summed E-state index contributed by atoms with van der Waals surface area (Å²) in [5, 5.41) is 13.2. The number of carbonyl (C=O) groups excluding carboxylic acids is 1. The average Bonchev–Trinajstić information content (AvgIpc) is 2.81. The van der Waals surface area contributed by atoms with E-state index in [1.165, 1.54) is 38.5 Å². The fourth-order valence-electron chi connectivity index (χ4n) is 6.02. The fourth-order valence-corrected chi connectivity index (χ4v) is 6.02. The molecule has 4 aliphatic rings. The fraction of sp³-hybridized carbons (Fsp3) is 0.650. The zero-order valence-corrected chi connectivity index (χ0v) is 15.1. The molecule has 0 aromatic carbocycles. The second-order valence-corrected chi connectivity index (χ2v) is 8.63. The Labute approximate surface area is 149 Å². The number of nitriles is 1. The van der Waals surface area contributed by atoms with E-state index in [2.05, 4.69) is 16.6 Å². The van der Waals surface area contributed by atoms with Gasteiger partial charge in [0.15, 0.2) is 0 Å². The lowest BCUT2D eigenvalue weighted by molar-refractivity contribution is -0.129. The van der Waals surface area contributed by atoms with Crippen LogP contribution in [0.4, 0.5) is 0 Å². The summed E-state index contributed by atoms with van der Waals surface area (Å²) in [6.07, 6.45) is 10.2. The van der Waals surface area contributed by atoms with Gasteiger partial charge < -0.3 is 4.57 Å². The third-order valence-corrected chi connectivity index (χ3v) is 6.78. The number of hydrogen-bond acceptors (Lipinski definition) is 3. The second kappa shape index (κ2) is 6.01. The van der Waals surface area contributed by atoms with Crippen molar-refractivity contribution in [3.63, 3.8) is 0 Å². The first-order chi connectivity index (χ1) is 12.0. The van der Waals surface area contributed by atoms with Crippen LogP contribution in [0.25, 0.3) is 0 Å². The van der Waals surface area contributed by atoms with E-state index in [0.29, 0.717) is 12.1 Å². The van der Waals surface area contributed by atoms with Crippen LogP contribution in [0.15, 0.2) is 11.2 Å². The molecule has 1 heterocycles. The SMILES string of the molecule is Cc1c(/C=N\NC(=O)CC23CC4CC(CC(C4)C2)C3)cc(C#N)n1C. The first-order valence-electron chi connectivity index (χ1n) is 9.36. The van der Waals surface area contributed by atoms with Gasteiger partial charge in [0.1, 0.15) is 11.8 Å². The van der Waals surface area contributed by atoms with Gasteiger partial charge in [0, 0.05) is 24.7 Å². The molecule has 0 aliphatic heterocycles. The van der Waals surface area contributed by atoms with E-state index >= 15 is 0 Å². The van der Waals surface area contributed by atoms with Gasteiger partial charge in [0.05, 0.1) is 6.21 Å². The predicted octanol–water partition coefficient (Wildman–Crippen LogP) is 3.26. The summed E-state index contributed by atoms with van der Waals surface area (Å²) in [7, 11) is 1.86. The molecule has 1 aromatic rings. The molecular formula is C20H26N4O. The molecular weight excluding hydrogens is 312 g/mol. The Morgan fingerprint density at radius 3 is 2.48 bits per heavy atom. The zero-order valence-electron chi connectivity index (χ0n) is 15.1. The zero-order chi connectivity index (χ0) is 17.6. The van der Waals surface area contributed by atoms with E-state index in [1.54, 1.807) is 12.3 Å². The molecule has 25 heavy (non-hydrogen) atoms. The minimum Gasteiger partial charge on any atom is -0.339 e. The van der Waals surface area contributed by atoms with E-state index in [-0.39, 0.29) is 11.3 Å². The first-order valence-corrected chi connectivity index (χ1v) is 9.36. The molecule has 1 amide bonds. The highest BCUT2D eigenvalue weighted by atomic mass is 16.2. The maximum atomic E-state index is 12.4. The molecule has 5 rings (SSSR count). The summed E-state index contributed by atoms with van der Waals surface area (Å²) in [5.74, 6) is 2.61. The Bertz CT molecular complexity index is 732. The molecule has 0 unspecified atom stereocenters. The van der Waals surface area contributed by atoms with Crippen LogP contribution in [-0.4, -0.2) is 16.7 Å². The maximum Gasteiger partial charge on any atom is 0.240 e. The summed E-state index contributed by atoms with van der Waals surface area (Å²) >= 11 is 0. The first kappa shape index (κ1) is 16.4. The van der Waals surface area contributed by atoms with Crippen LogP contribution < -0.4 is 5.43 Å². The van der Waals surface area contributed by atoms with E-state index < -0.39 is 0 Å². The summed E-state index contributed by atoms with van der Waals surface area (Å²) in [6, 6.07) is 3.95. The van der Waals surface area contributed by atoms with E-state index in [9.17, 15) is 4.79 Å². The highest BCUT2D eigenvalue weighted by Gasteiger charge is 2.51. The predicted molar refractivity (Wildman–Crippen MR) is 95.8 cm³/mol. The lowest BCUT2D eigenvalue weighted by Crippen LogP contribution is -2.47. The Morgan fingerprint density at radius 2 is 1.96 bits per heavy atom. The number of amides is 1. The van der Waals surface area contributed by atoms with Crippen LogP contribution in [-0.2, 0) is 11.8 Å². The van der Waals surface area contributed by atoms with Crippen LogP contribution in [0, 0.1) is 41.4 Å². The lowest BCUT2D eigenvalue weighted by Gasteiger charge is -2.56. The molecule has 0 radical (unpaired) electrons. The monoisotopic (exact) mass is 338 g/mol. The van der Waals surface area contributed by atoms with Gasteiger partial charge >= 0.3 is 0 Å². The standard InChI is InChI=1S/C20H26N4O/c1-13-17(6-18(11-21)24(13)2)12-22-23-19(25)10-20-7-14-3-15(8-20)5-16(4-14)9-20/h6,12,14-16H,3-5,7-10H2,1-2H3,(H,23,25)/b22-12-. The lowest BCUT2D eigenvalue weighted by atomic mass is 9.49. The highest BCUT2D eigenvalue weighted by Crippen LogP contribution is 2.61. The number of rotatable bonds is 4. The van der Waals surface area contributed by atoms with Gasteiger partial charge in [0.2, 0.25) is 5.91 Å². The van der Waals surface area contributed by atoms with Crippen molar-refractivity contribution in [3.8, 4) is 6.07 Å². The summed E-state index contributed by atoms with van der Waals surface area (Å²) in [5.41, 5.74) is 5.39. The number of aromatic nitrogens is 1. The van der Waals surface area contributed by atoms with Crippen molar-refractivity contribution in [1.29, 1.82) is 5.26 Å². The summed E-state index contributed by atoms with van der Waals surface area (Å²) in [4.78, 5) is 12.4. The van der Waals surface area contributed by atoms with Gasteiger partial charge in [-0.15, -0.1) is 0 Å². The largest absolute Gasteiger partial charge is 0.339 e. The van der Waals surface area contributed by atoms with Crippen LogP contribution in [0.1, 0.15) is 61.9 Å². The smallest absolute Gasteiger partial charge is 0.240 e. The number of nitrogens with one attached hydrogen (secondary N) is 1. The second-order valence-electron chi connectivity index (χ2n) is 8.63. The van der Waals surface area contributed by atoms with Crippen molar-refractivity contribution >= 4 is 12.1 Å². The molecule has 1 aromatic heterocycles. The van der Waals surface area contributed by atoms with Crippen molar-refractivity contribution in [3.05, 3.63) is 23.0 Å². The van der Waals surface area contributed by atoms with E-state index in [1.807, 2.05) is 18.5 Å². The summed E-state index contributed by atoms with van der Waals surface area (Å²) < 4.78 is 1.83. The van der Waals surface area contributed by atoms with Crippen LogP contribution >= 0.6 is 0 Å². The third kappa shape index (κ3) is 2.99. The number of nitrogens with zero attached hydrogens (tertiary/aromatic N) is 3. The quantitative estimate of drug-likeness (QED) is 0.676. The number of carbonyl (C=O) groups is 1. The highest BCUT2D eigenvalue weighted by molar-refractivity contribution is 5.84. The van der Waals surface area contributed by atoms with Crippen molar-refractivity contribution in [2.45, 2.75) is 51.9 Å². The van der Waals surface area contributed by atoms with E-state index in [0.717, 1.165) is 29.0 Å². The Hall–Kier alpha value is -2.09. The van der Waals surface area contributed by atoms with Crippen molar-refractivity contribution in [1.82, 2.24) is 9.99 Å². The van der Waals surface area contributed by atoms with Crippen LogP contribution in [0.2, 0.25) is 0 Å². The van der Waals surface area contributed by atoms with Gasteiger partial charge in [-0.3, -0.25) is 4.79 Å². The third-order valence-electron chi connectivity index (χ3n) is 6.78. The van der Waals surface area contributed by atoms with Crippen LogP contribution in [0.5, 0.6) is 0 Å². The van der Waals surface area contributed by atoms with E-state index in [4.69, 9.17) is 5.26 Å².